The molecule has 0 bridgehead atoms. The van der Waals surface area contributed by atoms with Crippen LogP contribution in [-0.2, 0) is 16.1 Å². The summed E-state index contributed by atoms with van der Waals surface area (Å²) in [6.45, 7) is 3.67. The van der Waals surface area contributed by atoms with E-state index in [4.69, 9.17) is 4.74 Å². The van der Waals surface area contributed by atoms with Crippen LogP contribution < -0.4 is 15.0 Å². The predicted molar refractivity (Wildman–Crippen MR) is 102 cm³/mol. The molecule has 6 nitrogen and oxygen atoms in total. The zero-order chi connectivity index (χ0) is 19.1. The van der Waals surface area contributed by atoms with Crippen LogP contribution in [0.1, 0.15) is 25.8 Å². The summed E-state index contributed by atoms with van der Waals surface area (Å²) in [6.07, 6.45) is 0.426. The van der Waals surface area contributed by atoms with Crippen molar-refractivity contribution < 1.29 is 19.4 Å². The third-order valence-corrected chi connectivity index (χ3v) is 4.05. The number of aliphatic carboxylic acids is 1. The third kappa shape index (κ3) is 4.75. The van der Waals surface area contributed by atoms with Gasteiger partial charge in [0.25, 0.3) is 0 Å². The maximum absolute atomic E-state index is 11.8. The van der Waals surface area contributed by atoms with Crippen LogP contribution >= 0.6 is 0 Å². The molecule has 2 aromatic carbocycles. The highest BCUT2D eigenvalue weighted by atomic mass is 16.5. The lowest BCUT2D eigenvalue weighted by atomic mass is 10.1. The third-order valence-electron chi connectivity index (χ3n) is 4.05. The first kappa shape index (κ1) is 19.3. The Labute approximate surface area is 153 Å². The number of rotatable bonds is 8. The molecule has 0 aliphatic carbocycles. The molecule has 0 radical (unpaired) electrons. The number of carbonyl (C=O) groups excluding carboxylic acids is 1. The van der Waals surface area contributed by atoms with Gasteiger partial charge in [-0.15, -0.1) is 0 Å². The Kier molecular flexibility index (Phi) is 6.60. The van der Waals surface area contributed by atoms with E-state index in [1.165, 1.54) is 6.92 Å². The molecule has 138 valence electrons. The van der Waals surface area contributed by atoms with Gasteiger partial charge in [-0.2, -0.15) is 0 Å². The van der Waals surface area contributed by atoms with Crippen molar-refractivity contribution in [2.24, 2.45) is 0 Å². The summed E-state index contributed by atoms with van der Waals surface area (Å²) in [6, 6.07) is 14.1. The molecule has 0 heterocycles. The first-order chi connectivity index (χ1) is 12.5. The van der Waals surface area contributed by atoms with Crippen LogP contribution in [0.3, 0.4) is 0 Å². The lowest BCUT2D eigenvalue weighted by Crippen LogP contribution is -2.40. The van der Waals surface area contributed by atoms with E-state index in [-0.39, 0.29) is 5.91 Å². The summed E-state index contributed by atoms with van der Waals surface area (Å²) < 4.78 is 5.45. The van der Waals surface area contributed by atoms with Crippen LogP contribution in [0.4, 0.5) is 11.4 Å². The number of carbonyl (C=O) groups is 2. The molecule has 0 unspecified atom stereocenters. The summed E-state index contributed by atoms with van der Waals surface area (Å²) in [5.74, 6) is -0.550. The normalized spacial score (nSPS) is 11.5. The van der Waals surface area contributed by atoms with Gasteiger partial charge < -0.3 is 20.1 Å². The van der Waals surface area contributed by atoms with Crippen molar-refractivity contribution >= 4 is 23.3 Å². The Hall–Kier alpha value is -3.02. The fourth-order valence-corrected chi connectivity index (χ4v) is 2.87. The Bertz CT molecular complexity index is 762. The quantitative estimate of drug-likeness (QED) is 0.756. The average Bonchev–Trinajstić information content (AvgIpc) is 2.61. The first-order valence-electron chi connectivity index (χ1n) is 8.45. The molecule has 0 saturated heterocycles. The number of amides is 1. The van der Waals surface area contributed by atoms with Crippen molar-refractivity contribution in [3.05, 3.63) is 54.1 Å². The second-order valence-electron chi connectivity index (χ2n) is 5.94. The van der Waals surface area contributed by atoms with Gasteiger partial charge in [0.2, 0.25) is 5.91 Å². The topological polar surface area (TPSA) is 78.9 Å². The maximum atomic E-state index is 11.8. The molecule has 2 rings (SSSR count). The number of methoxy groups -OCH3 is 1. The van der Waals surface area contributed by atoms with Crippen LogP contribution in [0.25, 0.3) is 0 Å². The molecule has 0 aliphatic heterocycles. The lowest BCUT2D eigenvalue weighted by Gasteiger charge is -2.32. The molecule has 1 amide bonds. The van der Waals surface area contributed by atoms with E-state index in [0.717, 1.165) is 5.56 Å². The monoisotopic (exact) mass is 356 g/mol. The molecule has 0 spiro atoms. The minimum absolute atomic E-state index is 0.194. The number of ether oxygens (including phenoxy) is 1. The molecule has 0 aromatic heterocycles. The highest BCUT2D eigenvalue weighted by Gasteiger charge is 2.27. The smallest absolute Gasteiger partial charge is 0.326 e. The van der Waals surface area contributed by atoms with Crippen LogP contribution in [0, 0.1) is 0 Å². The SMILES string of the molecule is CC[C@H](C(=O)O)N(Cc1ccccc1)c1cc(NC(C)=O)ccc1OC. The van der Waals surface area contributed by atoms with E-state index in [0.29, 0.717) is 30.1 Å². The molecular weight excluding hydrogens is 332 g/mol. The van der Waals surface area contributed by atoms with Gasteiger partial charge in [0.15, 0.2) is 0 Å². The number of hydrogen-bond acceptors (Lipinski definition) is 4. The zero-order valence-electron chi connectivity index (χ0n) is 15.2. The van der Waals surface area contributed by atoms with E-state index >= 15 is 0 Å². The van der Waals surface area contributed by atoms with E-state index < -0.39 is 12.0 Å². The molecule has 26 heavy (non-hydrogen) atoms. The largest absolute Gasteiger partial charge is 0.495 e. The Morgan fingerprint density at radius 2 is 1.88 bits per heavy atom. The van der Waals surface area contributed by atoms with Gasteiger partial charge >= 0.3 is 5.97 Å². The molecule has 0 saturated carbocycles. The summed E-state index contributed by atoms with van der Waals surface area (Å²) >= 11 is 0. The Morgan fingerprint density at radius 1 is 1.19 bits per heavy atom. The van der Waals surface area contributed by atoms with Crippen LogP contribution in [0.2, 0.25) is 0 Å². The van der Waals surface area contributed by atoms with E-state index in [9.17, 15) is 14.7 Å². The second kappa shape index (κ2) is 8.89. The van der Waals surface area contributed by atoms with Crippen molar-refractivity contribution in [1.29, 1.82) is 0 Å². The maximum Gasteiger partial charge on any atom is 0.326 e. The van der Waals surface area contributed by atoms with E-state index in [1.54, 1.807) is 30.2 Å². The predicted octanol–water partition coefficient (Wildman–Crippen LogP) is 3.52. The molecule has 0 aliphatic rings. The first-order valence-corrected chi connectivity index (χ1v) is 8.45. The fourth-order valence-electron chi connectivity index (χ4n) is 2.87. The van der Waals surface area contributed by atoms with Crippen LogP contribution in [0.15, 0.2) is 48.5 Å². The lowest BCUT2D eigenvalue weighted by molar-refractivity contribution is -0.138. The van der Waals surface area contributed by atoms with Crippen molar-refractivity contribution in [1.82, 2.24) is 0 Å². The number of nitrogens with one attached hydrogen (secondary N) is 1. The molecule has 2 aromatic rings. The number of hydrogen-bond donors (Lipinski definition) is 2. The van der Waals surface area contributed by atoms with Gasteiger partial charge in [-0.3, -0.25) is 4.79 Å². The van der Waals surface area contributed by atoms with Gasteiger partial charge in [-0.05, 0) is 30.2 Å². The Morgan fingerprint density at radius 3 is 2.42 bits per heavy atom. The molecule has 0 fully saturated rings. The number of anilines is 2. The summed E-state index contributed by atoms with van der Waals surface area (Å²) in [4.78, 5) is 25.0. The number of carboxylic acids is 1. The van der Waals surface area contributed by atoms with Gasteiger partial charge in [-0.25, -0.2) is 4.79 Å². The van der Waals surface area contributed by atoms with Gasteiger partial charge in [0.1, 0.15) is 11.8 Å². The van der Waals surface area contributed by atoms with E-state index in [2.05, 4.69) is 5.32 Å². The number of carboxylic acid groups (broad SMARTS) is 1. The van der Waals surface area contributed by atoms with Gasteiger partial charge in [-0.1, -0.05) is 37.3 Å². The molecule has 2 N–H and O–H groups in total. The van der Waals surface area contributed by atoms with Crippen molar-refractivity contribution in [2.75, 3.05) is 17.3 Å². The summed E-state index contributed by atoms with van der Waals surface area (Å²) in [7, 11) is 1.54. The second-order valence-corrected chi connectivity index (χ2v) is 5.94. The fraction of sp³-hybridized carbons (Fsp3) is 0.300. The highest BCUT2D eigenvalue weighted by Crippen LogP contribution is 2.34. The van der Waals surface area contributed by atoms with Crippen molar-refractivity contribution in [3.63, 3.8) is 0 Å². The molecule has 1 atom stereocenters. The van der Waals surface area contributed by atoms with E-state index in [1.807, 2.05) is 37.3 Å². The summed E-state index contributed by atoms with van der Waals surface area (Å²) in [5, 5.41) is 12.4. The van der Waals surface area contributed by atoms with Gasteiger partial charge in [0, 0.05) is 19.2 Å². The zero-order valence-corrected chi connectivity index (χ0v) is 15.2. The van der Waals surface area contributed by atoms with Crippen molar-refractivity contribution in [2.45, 2.75) is 32.9 Å². The van der Waals surface area contributed by atoms with Crippen molar-refractivity contribution in [3.8, 4) is 5.75 Å². The summed E-state index contributed by atoms with van der Waals surface area (Å²) in [5.41, 5.74) is 2.20. The van der Waals surface area contributed by atoms with Crippen LogP contribution in [0.5, 0.6) is 5.75 Å². The molecule has 6 heteroatoms. The van der Waals surface area contributed by atoms with Crippen LogP contribution in [-0.4, -0.2) is 30.1 Å². The number of benzene rings is 2. The minimum atomic E-state index is -0.907. The average molecular weight is 356 g/mol. The molecular formula is C20H24N2O4. The Balaban J connectivity index is 2.52. The highest BCUT2D eigenvalue weighted by molar-refractivity contribution is 5.90. The standard InChI is InChI=1S/C20H24N2O4/c1-4-17(20(24)25)22(13-15-8-6-5-7-9-15)18-12-16(21-14(2)23)10-11-19(18)26-3/h5-12,17H,4,13H2,1-3H3,(H,21,23)(H,24,25)/t17-/m1/s1. The number of nitrogens with zero attached hydrogens (tertiary/aromatic N) is 1. The minimum Gasteiger partial charge on any atom is -0.495 e. The van der Waals surface area contributed by atoms with Gasteiger partial charge in [0.05, 0.1) is 12.8 Å².